The average Bonchev–Trinajstić information content (AvgIpc) is 2.76. The number of carbonyl (C=O) groups excluding carboxylic acids is 2. The standard InChI is InChI=1S/C16H16ClF2N3O3/c1-7-14(8(2)22(4)21-7)20-15(23)9(3)25-16(24)10-5-12(18)13(19)6-11(10)17/h5-6,9H,1-4H3,(H,20,23)/t9-/m0/s1. The van der Waals surface area contributed by atoms with Gasteiger partial charge in [0.2, 0.25) is 0 Å². The van der Waals surface area contributed by atoms with Gasteiger partial charge in [0.05, 0.1) is 27.7 Å². The van der Waals surface area contributed by atoms with Crippen LogP contribution in [0.5, 0.6) is 0 Å². The van der Waals surface area contributed by atoms with E-state index in [1.54, 1.807) is 25.6 Å². The van der Waals surface area contributed by atoms with E-state index in [2.05, 4.69) is 10.4 Å². The zero-order valence-corrected chi connectivity index (χ0v) is 14.7. The number of halogens is 3. The van der Waals surface area contributed by atoms with Crippen LogP contribution >= 0.6 is 11.6 Å². The fourth-order valence-corrected chi connectivity index (χ4v) is 2.36. The highest BCUT2D eigenvalue weighted by molar-refractivity contribution is 6.33. The van der Waals surface area contributed by atoms with Crippen LogP contribution in [0.4, 0.5) is 14.5 Å². The Hall–Kier alpha value is -2.48. The first-order chi connectivity index (χ1) is 11.6. The van der Waals surface area contributed by atoms with Crippen molar-refractivity contribution in [3.05, 3.63) is 45.7 Å². The summed E-state index contributed by atoms with van der Waals surface area (Å²) in [6.07, 6.45) is -1.18. The van der Waals surface area contributed by atoms with Crippen molar-refractivity contribution >= 4 is 29.2 Å². The minimum absolute atomic E-state index is 0.310. The number of esters is 1. The number of amides is 1. The third kappa shape index (κ3) is 3.96. The van der Waals surface area contributed by atoms with E-state index in [1.807, 2.05) is 0 Å². The number of anilines is 1. The Bertz CT molecular complexity index is 852. The molecule has 6 nitrogen and oxygen atoms in total. The summed E-state index contributed by atoms with van der Waals surface area (Å²) < 4.78 is 32.9. The van der Waals surface area contributed by atoms with Crippen molar-refractivity contribution in [3.63, 3.8) is 0 Å². The molecule has 0 spiro atoms. The first-order valence-electron chi connectivity index (χ1n) is 7.28. The van der Waals surface area contributed by atoms with Gasteiger partial charge in [-0.3, -0.25) is 9.48 Å². The van der Waals surface area contributed by atoms with E-state index in [9.17, 15) is 18.4 Å². The average molecular weight is 372 g/mol. The SMILES string of the molecule is Cc1nn(C)c(C)c1NC(=O)[C@H](C)OC(=O)c1cc(F)c(F)cc1Cl. The highest BCUT2D eigenvalue weighted by Gasteiger charge is 2.23. The number of hydrogen-bond acceptors (Lipinski definition) is 4. The van der Waals surface area contributed by atoms with Crippen molar-refractivity contribution in [3.8, 4) is 0 Å². The molecule has 0 radical (unpaired) electrons. The molecule has 25 heavy (non-hydrogen) atoms. The van der Waals surface area contributed by atoms with Crippen LogP contribution in [0.3, 0.4) is 0 Å². The quantitative estimate of drug-likeness (QED) is 0.662. The molecule has 0 bridgehead atoms. The fourth-order valence-electron chi connectivity index (χ4n) is 2.14. The van der Waals surface area contributed by atoms with Crippen LogP contribution < -0.4 is 5.32 Å². The van der Waals surface area contributed by atoms with Crippen LogP contribution in [0.1, 0.15) is 28.7 Å². The summed E-state index contributed by atoms with van der Waals surface area (Å²) in [5, 5.41) is 6.48. The topological polar surface area (TPSA) is 73.2 Å². The molecule has 0 unspecified atom stereocenters. The number of rotatable bonds is 4. The molecule has 9 heteroatoms. The lowest BCUT2D eigenvalue weighted by Gasteiger charge is -2.14. The van der Waals surface area contributed by atoms with E-state index >= 15 is 0 Å². The largest absolute Gasteiger partial charge is 0.449 e. The summed E-state index contributed by atoms with van der Waals surface area (Å²) in [4.78, 5) is 24.2. The van der Waals surface area contributed by atoms with Crippen LogP contribution in [-0.4, -0.2) is 27.8 Å². The fraction of sp³-hybridized carbons (Fsp3) is 0.312. The van der Waals surface area contributed by atoms with Crippen molar-refractivity contribution < 1.29 is 23.1 Å². The summed E-state index contributed by atoms with van der Waals surface area (Å²) >= 11 is 5.71. The van der Waals surface area contributed by atoms with Crippen LogP contribution in [0.25, 0.3) is 0 Å². The van der Waals surface area contributed by atoms with Gasteiger partial charge in [0, 0.05) is 7.05 Å². The normalized spacial score (nSPS) is 12.0. The van der Waals surface area contributed by atoms with E-state index in [1.165, 1.54) is 6.92 Å². The summed E-state index contributed by atoms with van der Waals surface area (Å²) in [5.74, 6) is -4.05. The summed E-state index contributed by atoms with van der Waals surface area (Å²) in [7, 11) is 1.73. The minimum Gasteiger partial charge on any atom is -0.449 e. The van der Waals surface area contributed by atoms with E-state index < -0.39 is 29.6 Å². The molecule has 1 aromatic carbocycles. The maximum absolute atomic E-state index is 13.3. The zero-order chi connectivity index (χ0) is 18.9. The molecule has 2 rings (SSSR count). The van der Waals surface area contributed by atoms with Crippen molar-refractivity contribution in [2.75, 3.05) is 5.32 Å². The van der Waals surface area contributed by atoms with E-state index in [4.69, 9.17) is 16.3 Å². The molecule has 0 saturated carbocycles. The molecular weight excluding hydrogens is 356 g/mol. The van der Waals surface area contributed by atoms with E-state index in [0.29, 0.717) is 23.5 Å². The lowest BCUT2D eigenvalue weighted by Crippen LogP contribution is -2.30. The molecule has 1 amide bonds. The van der Waals surface area contributed by atoms with Gasteiger partial charge in [-0.25, -0.2) is 13.6 Å². The van der Waals surface area contributed by atoms with Gasteiger partial charge in [0.25, 0.3) is 5.91 Å². The lowest BCUT2D eigenvalue weighted by atomic mass is 10.2. The maximum Gasteiger partial charge on any atom is 0.340 e. The third-order valence-electron chi connectivity index (χ3n) is 3.64. The monoisotopic (exact) mass is 371 g/mol. The second kappa shape index (κ2) is 7.18. The Balaban J connectivity index is 2.11. The van der Waals surface area contributed by atoms with Crippen LogP contribution in [0.2, 0.25) is 5.02 Å². The predicted molar refractivity (Wildman–Crippen MR) is 87.6 cm³/mol. The summed E-state index contributed by atoms with van der Waals surface area (Å²) in [6.45, 7) is 4.84. The predicted octanol–water partition coefficient (Wildman–Crippen LogP) is 3.15. The van der Waals surface area contributed by atoms with Gasteiger partial charge in [-0.2, -0.15) is 5.10 Å². The number of aryl methyl sites for hydroxylation is 2. The molecule has 0 saturated heterocycles. The van der Waals surface area contributed by atoms with Crippen LogP contribution in [0, 0.1) is 25.5 Å². The van der Waals surface area contributed by atoms with Crippen molar-refractivity contribution in [1.82, 2.24) is 9.78 Å². The highest BCUT2D eigenvalue weighted by Crippen LogP contribution is 2.22. The zero-order valence-electron chi connectivity index (χ0n) is 14.0. The van der Waals surface area contributed by atoms with Gasteiger partial charge in [-0.15, -0.1) is 0 Å². The van der Waals surface area contributed by atoms with Gasteiger partial charge in [-0.05, 0) is 32.9 Å². The van der Waals surface area contributed by atoms with Crippen LogP contribution in [0.15, 0.2) is 12.1 Å². The number of hydrogen-bond donors (Lipinski definition) is 1. The molecule has 0 fully saturated rings. The first kappa shape index (κ1) is 18.9. The van der Waals surface area contributed by atoms with Crippen molar-refractivity contribution in [1.29, 1.82) is 0 Å². The molecular formula is C16H16ClF2N3O3. The molecule has 0 aliphatic heterocycles. The number of carbonyl (C=O) groups is 2. The number of ether oxygens (including phenoxy) is 1. The maximum atomic E-state index is 13.3. The molecule has 1 N–H and O–H groups in total. The smallest absolute Gasteiger partial charge is 0.340 e. The Kier molecular flexibility index (Phi) is 5.42. The molecule has 134 valence electrons. The Labute approximate surface area is 147 Å². The summed E-state index contributed by atoms with van der Waals surface area (Å²) in [5.41, 5.74) is 1.48. The Morgan fingerprint density at radius 2 is 1.88 bits per heavy atom. The molecule has 1 aromatic heterocycles. The number of nitrogens with one attached hydrogen (secondary N) is 1. The van der Waals surface area contributed by atoms with E-state index in [0.717, 1.165) is 5.69 Å². The second-order valence-electron chi connectivity index (χ2n) is 5.45. The number of aromatic nitrogens is 2. The summed E-state index contributed by atoms with van der Waals surface area (Å²) in [6, 6.07) is 1.29. The Morgan fingerprint density at radius 1 is 1.28 bits per heavy atom. The van der Waals surface area contributed by atoms with Gasteiger partial charge in [0.15, 0.2) is 17.7 Å². The second-order valence-corrected chi connectivity index (χ2v) is 5.86. The number of nitrogens with zero attached hydrogens (tertiary/aromatic N) is 2. The first-order valence-corrected chi connectivity index (χ1v) is 7.66. The molecule has 1 heterocycles. The minimum atomic E-state index is -1.24. The van der Waals surface area contributed by atoms with Gasteiger partial charge < -0.3 is 10.1 Å². The molecule has 1 atom stereocenters. The number of benzene rings is 1. The van der Waals surface area contributed by atoms with Crippen molar-refractivity contribution in [2.45, 2.75) is 26.9 Å². The van der Waals surface area contributed by atoms with Crippen molar-refractivity contribution in [2.24, 2.45) is 7.05 Å². The van der Waals surface area contributed by atoms with Gasteiger partial charge in [-0.1, -0.05) is 11.6 Å². The third-order valence-corrected chi connectivity index (χ3v) is 3.95. The van der Waals surface area contributed by atoms with E-state index in [-0.39, 0.29) is 10.6 Å². The van der Waals surface area contributed by atoms with Crippen LogP contribution in [-0.2, 0) is 16.6 Å². The highest BCUT2D eigenvalue weighted by atomic mass is 35.5. The molecule has 0 aliphatic rings. The lowest BCUT2D eigenvalue weighted by molar-refractivity contribution is -0.123. The van der Waals surface area contributed by atoms with Gasteiger partial charge in [0.1, 0.15) is 0 Å². The molecule has 2 aromatic rings. The molecule has 0 aliphatic carbocycles. The Morgan fingerprint density at radius 3 is 2.44 bits per heavy atom. The van der Waals surface area contributed by atoms with Gasteiger partial charge >= 0.3 is 5.97 Å².